The summed E-state index contributed by atoms with van der Waals surface area (Å²) in [5, 5.41) is 5.82. The number of urea groups is 1. The number of rotatable bonds is 4. The Bertz CT molecular complexity index is 991. The van der Waals surface area contributed by atoms with Crippen molar-refractivity contribution in [2.75, 3.05) is 11.9 Å². The normalized spacial score (nSPS) is 20.9. The van der Waals surface area contributed by atoms with Gasteiger partial charge in [0.2, 0.25) is 5.91 Å². The maximum Gasteiger partial charge on any atom is 0.325 e. The molecule has 0 bridgehead atoms. The minimum atomic E-state index is -1.30. The van der Waals surface area contributed by atoms with Crippen LogP contribution < -0.4 is 10.6 Å². The standard InChI is InChI=1S/C21H20ClN3O3/c1-21(16-7-2-3-8-17(16)22)19(27)25(20(28)24-21)12-18(26)23-15-10-9-13-5-4-6-14(13)11-15/h2-3,7-11H,4-6,12H2,1H3,(H,23,26)(H,24,28)/t21-/m0/s1. The van der Waals surface area contributed by atoms with Gasteiger partial charge in [-0.05, 0) is 55.5 Å². The Labute approximate surface area is 167 Å². The maximum absolute atomic E-state index is 12.9. The van der Waals surface area contributed by atoms with Crippen molar-refractivity contribution in [3.8, 4) is 0 Å². The van der Waals surface area contributed by atoms with Crippen molar-refractivity contribution in [3.63, 3.8) is 0 Å². The van der Waals surface area contributed by atoms with Crippen molar-refractivity contribution in [2.45, 2.75) is 31.7 Å². The topological polar surface area (TPSA) is 78.5 Å². The molecule has 1 aliphatic carbocycles. The molecular formula is C21H20ClN3O3. The molecule has 2 aromatic rings. The molecule has 1 heterocycles. The van der Waals surface area contributed by atoms with E-state index in [9.17, 15) is 14.4 Å². The molecule has 144 valence electrons. The summed E-state index contributed by atoms with van der Waals surface area (Å²) in [7, 11) is 0. The van der Waals surface area contributed by atoms with Gasteiger partial charge in [0.25, 0.3) is 5.91 Å². The largest absolute Gasteiger partial charge is 0.325 e. The van der Waals surface area contributed by atoms with E-state index in [0.717, 1.165) is 24.2 Å². The lowest BCUT2D eigenvalue weighted by Gasteiger charge is -2.23. The van der Waals surface area contributed by atoms with E-state index in [1.165, 1.54) is 11.1 Å². The third-order valence-electron chi connectivity index (χ3n) is 5.37. The number of benzene rings is 2. The van der Waals surface area contributed by atoms with Crippen LogP contribution in [-0.2, 0) is 28.0 Å². The predicted octanol–water partition coefficient (Wildman–Crippen LogP) is 3.23. The number of hydrogen-bond donors (Lipinski definition) is 2. The third kappa shape index (κ3) is 3.14. The van der Waals surface area contributed by atoms with E-state index in [1.807, 2.05) is 18.2 Å². The second-order valence-electron chi connectivity index (χ2n) is 7.31. The van der Waals surface area contributed by atoms with Crippen LogP contribution in [0.2, 0.25) is 5.02 Å². The minimum Gasteiger partial charge on any atom is -0.325 e. The van der Waals surface area contributed by atoms with E-state index in [0.29, 0.717) is 16.3 Å². The average Bonchev–Trinajstić information content (AvgIpc) is 3.20. The number of aryl methyl sites for hydroxylation is 2. The SMILES string of the molecule is C[C@@]1(c2ccccc2Cl)NC(=O)N(CC(=O)Nc2ccc3c(c2)CCC3)C1=O. The molecule has 6 nitrogen and oxygen atoms in total. The minimum absolute atomic E-state index is 0.359. The average molecular weight is 398 g/mol. The Hall–Kier alpha value is -2.86. The van der Waals surface area contributed by atoms with Gasteiger partial charge in [-0.1, -0.05) is 35.9 Å². The van der Waals surface area contributed by atoms with E-state index in [4.69, 9.17) is 11.6 Å². The first kappa shape index (κ1) is 18.5. The van der Waals surface area contributed by atoms with Crippen LogP contribution in [0.5, 0.6) is 0 Å². The highest BCUT2D eigenvalue weighted by molar-refractivity contribution is 6.32. The molecular weight excluding hydrogens is 378 g/mol. The molecule has 0 radical (unpaired) electrons. The van der Waals surface area contributed by atoms with Crippen LogP contribution in [-0.4, -0.2) is 29.3 Å². The summed E-state index contributed by atoms with van der Waals surface area (Å²) in [5.41, 5.74) is 2.41. The van der Waals surface area contributed by atoms with E-state index >= 15 is 0 Å². The summed E-state index contributed by atoms with van der Waals surface area (Å²) >= 11 is 6.21. The number of imide groups is 1. The fourth-order valence-corrected chi connectivity index (χ4v) is 4.21. The highest BCUT2D eigenvalue weighted by Crippen LogP contribution is 2.33. The van der Waals surface area contributed by atoms with Crippen LogP contribution in [0.15, 0.2) is 42.5 Å². The van der Waals surface area contributed by atoms with Crippen LogP contribution in [0.25, 0.3) is 0 Å². The first-order chi connectivity index (χ1) is 13.4. The van der Waals surface area contributed by atoms with Gasteiger partial charge in [0.1, 0.15) is 12.1 Å². The maximum atomic E-state index is 12.9. The van der Waals surface area contributed by atoms with Crippen LogP contribution in [0.1, 0.15) is 30.0 Å². The van der Waals surface area contributed by atoms with Gasteiger partial charge >= 0.3 is 6.03 Å². The van der Waals surface area contributed by atoms with Gasteiger partial charge in [0, 0.05) is 16.3 Å². The smallest absolute Gasteiger partial charge is 0.325 e. The van der Waals surface area contributed by atoms with E-state index in [1.54, 1.807) is 31.2 Å². The van der Waals surface area contributed by atoms with Crippen molar-refractivity contribution < 1.29 is 14.4 Å². The fourth-order valence-electron chi connectivity index (χ4n) is 3.88. The van der Waals surface area contributed by atoms with Crippen LogP contribution in [0, 0.1) is 0 Å². The molecule has 1 saturated heterocycles. The summed E-state index contributed by atoms with van der Waals surface area (Å²) in [4.78, 5) is 38.7. The molecule has 4 amide bonds. The molecule has 7 heteroatoms. The summed E-state index contributed by atoms with van der Waals surface area (Å²) in [5.74, 6) is -0.931. The number of halogens is 1. The number of amides is 4. The quantitative estimate of drug-likeness (QED) is 0.777. The van der Waals surface area contributed by atoms with E-state index < -0.39 is 23.4 Å². The number of nitrogens with zero attached hydrogens (tertiary/aromatic N) is 1. The molecule has 1 atom stereocenters. The molecule has 1 aliphatic heterocycles. The molecule has 1 fully saturated rings. The Balaban J connectivity index is 1.49. The van der Waals surface area contributed by atoms with Gasteiger partial charge in [-0.15, -0.1) is 0 Å². The van der Waals surface area contributed by atoms with Gasteiger partial charge in [-0.3, -0.25) is 14.5 Å². The molecule has 0 unspecified atom stereocenters. The zero-order valence-electron chi connectivity index (χ0n) is 15.4. The Kier molecular flexibility index (Phi) is 4.59. The molecule has 0 spiro atoms. The van der Waals surface area contributed by atoms with Crippen molar-refractivity contribution in [2.24, 2.45) is 0 Å². The van der Waals surface area contributed by atoms with Gasteiger partial charge in [0.05, 0.1) is 0 Å². The van der Waals surface area contributed by atoms with Crippen molar-refractivity contribution >= 4 is 35.1 Å². The molecule has 2 N–H and O–H groups in total. The second kappa shape index (κ2) is 6.95. The summed E-state index contributed by atoms with van der Waals surface area (Å²) in [6, 6.07) is 12.0. The lowest BCUT2D eigenvalue weighted by atomic mass is 9.92. The molecule has 2 aromatic carbocycles. The number of anilines is 1. The molecule has 0 saturated carbocycles. The van der Waals surface area contributed by atoms with Gasteiger partial charge in [-0.25, -0.2) is 4.79 Å². The van der Waals surface area contributed by atoms with E-state index in [-0.39, 0.29) is 6.54 Å². The second-order valence-corrected chi connectivity index (χ2v) is 7.72. The van der Waals surface area contributed by atoms with Crippen LogP contribution in [0.3, 0.4) is 0 Å². The highest BCUT2D eigenvalue weighted by atomic mass is 35.5. The Morgan fingerprint density at radius 3 is 2.71 bits per heavy atom. The lowest BCUT2D eigenvalue weighted by Crippen LogP contribution is -2.42. The first-order valence-electron chi connectivity index (χ1n) is 9.19. The molecule has 4 rings (SSSR count). The fraction of sp³-hybridized carbons (Fsp3) is 0.286. The zero-order chi connectivity index (χ0) is 19.9. The summed E-state index contributed by atoms with van der Waals surface area (Å²) < 4.78 is 0. The molecule has 28 heavy (non-hydrogen) atoms. The van der Waals surface area contributed by atoms with Crippen LogP contribution >= 0.6 is 11.6 Å². The monoisotopic (exact) mass is 397 g/mol. The number of carbonyl (C=O) groups is 3. The van der Waals surface area contributed by atoms with Gasteiger partial charge in [-0.2, -0.15) is 0 Å². The summed E-state index contributed by atoms with van der Waals surface area (Å²) in [6.45, 7) is 1.23. The predicted molar refractivity (Wildman–Crippen MR) is 106 cm³/mol. The van der Waals surface area contributed by atoms with Crippen molar-refractivity contribution in [3.05, 3.63) is 64.2 Å². The lowest BCUT2D eigenvalue weighted by molar-refractivity contribution is -0.133. The van der Waals surface area contributed by atoms with Crippen LogP contribution in [0.4, 0.5) is 10.5 Å². The van der Waals surface area contributed by atoms with Crippen molar-refractivity contribution in [1.82, 2.24) is 10.2 Å². The van der Waals surface area contributed by atoms with Gasteiger partial charge < -0.3 is 10.6 Å². The molecule has 2 aliphatic rings. The molecule has 0 aromatic heterocycles. The summed E-state index contributed by atoms with van der Waals surface area (Å²) in [6.07, 6.45) is 3.19. The zero-order valence-corrected chi connectivity index (χ0v) is 16.2. The third-order valence-corrected chi connectivity index (χ3v) is 5.70. The number of fused-ring (bicyclic) bond motifs is 1. The number of nitrogens with one attached hydrogen (secondary N) is 2. The van der Waals surface area contributed by atoms with Crippen molar-refractivity contribution in [1.29, 1.82) is 0 Å². The first-order valence-corrected chi connectivity index (χ1v) is 9.57. The highest BCUT2D eigenvalue weighted by Gasteiger charge is 2.50. The van der Waals surface area contributed by atoms with E-state index in [2.05, 4.69) is 10.6 Å². The number of carbonyl (C=O) groups excluding carboxylic acids is 3. The Morgan fingerprint density at radius 1 is 1.18 bits per heavy atom. The Morgan fingerprint density at radius 2 is 1.93 bits per heavy atom. The van der Waals surface area contributed by atoms with Gasteiger partial charge in [0.15, 0.2) is 0 Å². The number of hydrogen-bond acceptors (Lipinski definition) is 3.